The van der Waals surface area contributed by atoms with E-state index in [-0.39, 0.29) is 6.04 Å². The van der Waals surface area contributed by atoms with E-state index in [1.165, 1.54) is 0 Å². The van der Waals surface area contributed by atoms with E-state index in [1.807, 2.05) is 43.4 Å². The number of anilines is 1. The summed E-state index contributed by atoms with van der Waals surface area (Å²) in [6.07, 6.45) is -0.555. The molecule has 0 saturated carbocycles. The minimum atomic E-state index is -0.555. The quantitative estimate of drug-likeness (QED) is 0.829. The molecule has 2 atom stereocenters. The molecule has 0 amide bonds. The summed E-state index contributed by atoms with van der Waals surface area (Å²) in [7, 11) is 1.98. The van der Waals surface area contributed by atoms with E-state index < -0.39 is 6.10 Å². The fraction of sp³-hybridized carbons (Fsp3) is 0.294. The fourth-order valence-corrected chi connectivity index (χ4v) is 2.60. The number of hydrogen-bond acceptors (Lipinski definition) is 3. The van der Waals surface area contributed by atoms with Crippen molar-refractivity contribution in [2.24, 2.45) is 0 Å². The largest absolute Gasteiger partial charge is 0.399 e. The molecule has 2 rings (SSSR count). The maximum Gasteiger partial charge on any atom is 0.0917 e. The van der Waals surface area contributed by atoms with Gasteiger partial charge in [-0.3, -0.25) is 4.90 Å². The molecule has 0 radical (unpaired) electrons. The molecule has 3 N–H and O–H groups in total. The molecular weight excluding hydrogens is 284 g/mol. The van der Waals surface area contributed by atoms with Crippen molar-refractivity contribution in [3.63, 3.8) is 0 Å². The van der Waals surface area contributed by atoms with Crippen LogP contribution in [0.25, 0.3) is 0 Å². The normalized spacial score (nSPS) is 14.1. The third kappa shape index (κ3) is 3.97. The summed E-state index contributed by atoms with van der Waals surface area (Å²) in [6.45, 7) is 2.60. The summed E-state index contributed by atoms with van der Waals surface area (Å²) in [5.74, 6) is 0. The number of nitrogens with two attached hydrogens (primary N) is 1. The van der Waals surface area contributed by atoms with Crippen LogP contribution in [0, 0.1) is 0 Å². The summed E-state index contributed by atoms with van der Waals surface area (Å²) in [5.41, 5.74) is 8.28. The van der Waals surface area contributed by atoms with Crippen molar-refractivity contribution in [1.29, 1.82) is 0 Å². The first-order chi connectivity index (χ1) is 9.99. The van der Waals surface area contributed by atoms with Crippen LogP contribution in [0.4, 0.5) is 5.69 Å². The molecule has 0 fully saturated rings. The van der Waals surface area contributed by atoms with Gasteiger partial charge in [-0.15, -0.1) is 0 Å². The van der Waals surface area contributed by atoms with E-state index in [9.17, 15) is 5.11 Å². The maximum absolute atomic E-state index is 10.3. The van der Waals surface area contributed by atoms with E-state index in [4.69, 9.17) is 17.3 Å². The molecule has 0 saturated heterocycles. The van der Waals surface area contributed by atoms with Gasteiger partial charge in [-0.25, -0.2) is 0 Å². The summed E-state index contributed by atoms with van der Waals surface area (Å²) in [5, 5.41) is 11.1. The molecule has 0 heterocycles. The molecule has 2 aromatic rings. The lowest BCUT2D eigenvalue weighted by atomic mass is 10.0. The second-order valence-corrected chi connectivity index (χ2v) is 5.73. The molecule has 21 heavy (non-hydrogen) atoms. The minimum Gasteiger partial charge on any atom is -0.399 e. The van der Waals surface area contributed by atoms with E-state index in [0.717, 1.165) is 16.1 Å². The smallest absolute Gasteiger partial charge is 0.0917 e. The lowest BCUT2D eigenvalue weighted by molar-refractivity contribution is 0.108. The van der Waals surface area contributed by atoms with Gasteiger partial charge in [0.15, 0.2) is 0 Å². The standard InChI is InChI=1S/C17H21ClN2O/c1-12(15-5-3-4-6-16(15)18)20(2)11-17(21)13-7-9-14(19)10-8-13/h3-10,12,17,21H,11,19H2,1-2H3. The van der Waals surface area contributed by atoms with Crippen LogP contribution in [0.15, 0.2) is 48.5 Å². The first-order valence-corrected chi connectivity index (χ1v) is 7.35. The van der Waals surface area contributed by atoms with Crippen molar-refractivity contribution in [2.45, 2.75) is 19.1 Å². The Labute approximate surface area is 131 Å². The van der Waals surface area contributed by atoms with Crippen molar-refractivity contribution in [3.8, 4) is 0 Å². The van der Waals surface area contributed by atoms with Crippen LogP contribution in [-0.4, -0.2) is 23.6 Å². The number of nitrogen functional groups attached to an aromatic ring is 1. The Kier molecular flexibility index (Phi) is 5.23. The molecule has 2 aromatic carbocycles. The van der Waals surface area contributed by atoms with Crippen molar-refractivity contribution < 1.29 is 5.11 Å². The van der Waals surface area contributed by atoms with Crippen molar-refractivity contribution in [3.05, 3.63) is 64.7 Å². The lowest BCUT2D eigenvalue weighted by Gasteiger charge is -2.28. The topological polar surface area (TPSA) is 49.5 Å². The van der Waals surface area contributed by atoms with Gasteiger partial charge in [-0.05, 0) is 43.3 Å². The van der Waals surface area contributed by atoms with Crippen LogP contribution >= 0.6 is 11.6 Å². The second kappa shape index (κ2) is 6.94. The summed E-state index contributed by atoms with van der Waals surface area (Å²) in [6, 6.07) is 15.2. The molecule has 0 aromatic heterocycles. The molecule has 3 nitrogen and oxygen atoms in total. The highest BCUT2D eigenvalue weighted by Gasteiger charge is 2.18. The van der Waals surface area contributed by atoms with Gasteiger partial charge >= 0.3 is 0 Å². The Bertz CT molecular complexity index is 586. The highest BCUT2D eigenvalue weighted by atomic mass is 35.5. The van der Waals surface area contributed by atoms with Gasteiger partial charge < -0.3 is 10.8 Å². The van der Waals surface area contributed by atoms with Crippen molar-refractivity contribution >= 4 is 17.3 Å². The van der Waals surface area contributed by atoms with E-state index in [2.05, 4.69) is 11.8 Å². The number of rotatable bonds is 5. The number of halogens is 1. The first-order valence-electron chi connectivity index (χ1n) is 6.97. The van der Waals surface area contributed by atoms with Gasteiger partial charge in [-0.1, -0.05) is 41.9 Å². The number of nitrogens with zero attached hydrogens (tertiary/aromatic N) is 1. The highest BCUT2D eigenvalue weighted by Crippen LogP contribution is 2.27. The SMILES string of the molecule is CC(c1ccccc1Cl)N(C)CC(O)c1ccc(N)cc1. The number of hydrogen-bond donors (Lipinski definition) is 2. The summed E-state index contributed by atoms with van der Waals surface area (Å²) < 4.78 is 0. The van der Waals surface area contributed by atoms with E-state index in [0.29, 0.717) is 12.2 Å². The monoisotopic (exact) mass is 304 g/mol. The minimum absolute atomic E-state index is 0.127. The number of benzene rings is 2. The number of aliphatic hydroxyl groups is 1. The van der Waals surface area contributed by atoms with Crippen molar-refractivity contribution in [1.82, 2.24) is 4.90 Å². The Balaban J connectivity index is 2.05. The summed E-state index contributed by atoms with van der Waals surface area (Å²) in [4.78, 5) is 2.09. The fourth-order valence-electron chi connectivity index (χ4n) is 2.31. The Morgan fingerprint density at radius 2 is 1.76 bits per heavy atom. The van der Waals surface area contributed by atoms with Gasteiger partial charge in [0.25, 0.3) is 0 Å². The zero-order chi connectivity index (χ0) is 15.4. The highest BCUT2D eigenvalue weighted by molar-refractivity contribution is 6.31. The van der Waals surface area contributed by atoms with E-state index in [1.54, 1.807) is 12.1 Å². The third-order valence-corrected chi connectivity index (χ3v) is 4.14. The van der Waals surface area contributed by atoms with Gasteiger partial charge in [-0.2, -0.15) is 0 Å². The Morgan fingerprint density at radius 1 is 1.14 bits per heavy atom. The van der Waals surface area contributed by atoms with Gasteiger partial charge in [0.1, 0.15) is 0 Å². The molecule has 0 bridgehead atoms. The molecule has 0 aliphatic rings. The van der Waals surface area contributed by atoms with Crippen LogP contribution < -0.4 is 5.73 Å². The Hall–Kier alpha value is -1.55. The van der Waals surface area contributed by atoms with Gasteiger partial charge in [0, 0.05) is 23.3 Å². The molecule has 0 spiro atoms. The average molecular weight is 305 g/mol. The van der Waals surface area contributed by atoms with Crippen LogP contribution in [-0.2, 0) is 0 Å². The molecule has 0 aliphatic carbocycles. The zero-order valence-corrected chi connectivity index (χ0v) is 13.1. The van der Waals surface area contributed by atoms with Crippen LogP contribution in [0.1, 0.15) is 30.2 Å². The Morgan fingerprint density at radius 3 is 2.38 bits per heavy atom. The van der Waals surface area contributed by atoms with Gasteiger partial charge in [0.2, 0.25) is 0 Å². The lowest BCUT2D eigenvalue weighted by Crippen LogP contribution is -2.27. The molecule has 2 unspecified atom stereocenters. The molecular formula is C17H21ClN2O. The predicted molar refractivity (Wildman–Crippen MR) is 88.3 cm³/mol. The number of aliphatic hydroxyl groups excluding tert-OH is 1. The predicted octanol–water partition coefficient (Wildman–Crippen LogP) is 3.65. The van der Waals surface area contributed by atoms with Gasteiger partial charge in [0.05, 0.1) is 6.10 Å². The van der Waals surface area contributed by atoms with Crippen LogP contribution in [0.2, 0.25) is 5.02 Å². The van der Waals surface area contributed by atoms with Crippen LogP contribution in [0.5, 0.6) is 0 Å². The van der Waals surface area contributed by atoms with Crippen LogP contribution in [0.3, 0.4) is 0 Å². The molecule has 4 heteroatoms. The first kappa shape index (κ1) is 15.8. The average Bonchev–Trinajstić information content (AvgIpc) is 2.47. The molecule has 112 valence electrons. The van der Waals surface area contributed by atoms with Crippen molar-refractivity contribution in [2.75, 3.05) is 19.3 Å². The number of likely N-dealkylation sites (N-methyl/N-ethyl adjacent to an activating group) is 1. The summed E-state index contributed by atoms with van der Waals surface area (Å²) >= 11 is 6.23. The zero-order valence-electron chi connectivity index (χ0n) is 12.3. The third-order valence-electron chi connectivity index (χ3n) is 3.80. The maximum atomic E-state index is 10.3. The molecule has 0 aliphatic heterocycles. The second-order valence-electron chi connectivity index (χ2n) is 5.32. The van der Waals surface area contributed by atoms with E-state index >= 15 is 0 Å².